The average molecular weight is 377 g/mol. The molecule has 0 fully saturated rings. The van der Waals surface area contributed by atoms with Gasteiger partial charge in [0.05, 0.1) is 18.4 Å². The van der Waals surface area contributed by atoms with E-state index in [0.29, 0.717) is 29.4 Å². The molecule has 1 N–H and O–H groups in total. The van der Waals surface area contributed by atoms with Gasteiger partial charge in [0.15, 0.2) is 0 Å². The second kappa shape index (κ2) is 6.61. The summed E-state index contributed by atoms with van der Waals surface area (Å²) >= 11 is 0. The van der Waals surface area contributed by atoms with E-state index in [9.17, 15) is 9.90 Å². The van der Waals surface area contributed by atoms with Gasteiger partial charge < -0.3 is 19.3 Å². The smallest absolute Gasteiger partial charge is 0.268 e. The zero-order valence-electron chi connectivity index (χ0n) is 15.5. The van der Waals surface area contributed by atoms with E-state index >= 15 is 0 Å². The van der Waals surface area contributed by atoms with E-state index in [0.717, 1.165) is 5.56 Å². The lowest BCUT2D eigenvalue weighted by molar-refractivity contribution is -0.130. The van der Waals surface area contributed by atoms with Crippen LogP contribution in [0, 0.1) is 0 Å². The minimum Gasteiger partial charge on any atom is -0.497 e. The quantitative estimate of drug-likeness (QED) is 0.735. The molecule has 7 heteroatoms. The molecular formula is C21H19N3O4. The second-order valence-corrected chi connectivity index (χ2v) is 6.41. The molecule has 1 unspecified atom stereocenters. The number of rotatable bonds is 5. The zero-order chi connectivity index (χ0) is 19.9. The molecule has 0 saturated heterocycles. The average Bonchev–Trinajstić information content (AvgIpc) is 3.31. The summed E-state index contributed by atoms with van der Waals surface area (Å²) in [4.78, 5) is 18.9. The van der Waals surface area contributed by atoms with Crippen molar-refractivity contribution in [2.75, 3.05) is 18.6 Å². The number of carbonyl (C=O) groups excluding carboxylic acids is 1. The van der Waals surface area contributed by atoms with Crippen LogP contribution >= 0.6 is 0 Å². The highest BCUT2D eigenvalue weighted by Crippen LogP contribution is 2.48. The monoisotopic (exact) mass is 377 g/mol. The Morgan fingerprint density at radius 3 is 2.71 bits per heavy atom. The molecule has 7 nitrogen and oxygen atoms in total. The summed E-state index contributed by atoms with van der Waals surface area (Å²) in [5, 5.41) is 15.4. The van der Waals surface area contributed by atoms with Crippen molar-refractivity contribution < 1.29 is 19.2 Å². The Labute approximate surface area is 161 Å². The first-order valence-corrected chi connectivity index (χ1v) is 8.82. The Morgan fingerprint density at radius 2 is 2.04 bits per heavy atom. The van der Waals surface area contributed by atoms with Crippen molar-refractivity contribution >= 4 is 17.2 Å². The fraction of sp³-hybridized carbons (Fsp3) is 0.190. The molecule has 1 atom stereocenters. The Bertz CT molecular complexity index is 1060. The van der Waals surface area contributed by atoms with Gasteiger partial charge in [-0.05, 0) is 25.1 Å². The van der Waals surface area contributed by atoms with E-state index in [2.05, 4.69) is 16.7 Å². The molecule has 2 aromatic carbocycles. The normalized spacial score (nSPS) is 18.2. The Kier molecular flexibility index (Phi) is 4.24. The molecule has 142 valence electrons. The van der Waals surface area contributed by atoms with Crippen LogP contribution in [0.3, 0.4) is 0 Å². The van der Waals surface area contributed by atoms with E-state index in [1.165, 1.54) is 12.0 Å². The van der Waals surface area contributed by atoms with Gasteiger partial charge in [0.25, 0.3) is 11.8 Å². The van der Waals surface area contributed by atoms with Crippen molar-refractivity contribution in [3.8, 4) is 17.1 Å². The van der Waals surface area contributed by atoms with Gasteiger partial charge in [-0.2, -0.15) is 4.98 Å². The van der Waals surface area contributed by atoms with Crippen molar-refractivity contribution in [2.24, 2.45) is 0 Å². The Hall–Kier alpha value is -3.45. The minimum atomic E-state index is -2.01. The summed E-state index contributed by atoms with van der Waals surface area (Å²) in [6.45, 7) is 6.15. The fourth-order valence-corrected chi connectivity index (χ4v) is 3.40. The van der Waals surface area contributed by atoms with E-state index in [1.807, 2.05) is 37.3 Å². The first-order valence-electron chi connectivity index (χ1n) is 8.82. The van der Waals surface area contributed by atoms with E-state index in [-0.39, 0.29) is 11.5 Å². The van der Waals surface area contributed by atoms with Gasteiger partial charge >= 0.3 is 0 Å². The van der Waals surface area contributed by atoms with Gasteiger partial charge in [0.2, 0.25) is 11.4 Å². The highest BCUT2D eigenvalue weighted by molar-refractivity contribution is 6.14. The van der Waals surface area contributed by atoms with Crippen LogP contribution in [0.1, 0.15) is 18.4 Å². The van der Waals surface area contributed by atoms with Gasteiger partial charge in [-0.3, -0.25) is 4.79 Å². The third-order valence-corrected chi connectivity index (χ3v) is 4.91. The summed E-state index contributed by atoms with van der Waals surface area (Å²) < 4.78 is 10.6. The maximum Gasteiger partial charge on any atom is 0.268 e. The maximum atomic E-state index is 13.1. The lowest BCUT2D eigenvalue weighted by atomic mass is 9.87. The summed E-state index contributed by atoms with van der Waals surface area (Å²) in [5.74, 6) is 0.361. The number of aromatic nitrogens is 2. The van der Waals surface area contributed by atoms with Crippen LogP contribution in [0.4, 0.5) is 5.69 Å². The predicted octanol–water partition coefficient (Wildman–Crippen LogP) is 3.01. The lowest BCUT2D eigenvalue weighted by Gasteiger charge is -2.23. The van der Waals surface area contributed by atoms with Crippen LogP contribution in [0.25, 0.3) is 17.0 Å². The van der Waals surface area contributed by atoms with Crippen LogP contribution in [0.15, 0.2) is 59.6 Å². The molecule has 1 aromatic heterocycles. The second-order valence-electron chi connectivity index (χ2n) is 6.41. The molecule has 2 heterocycles. The van der Waals surface area contributed by atoms with Crippen LogP contribution in [0.5, 0.6) is 5.75 Å². The summed E-state index contributed by atoms with van der Waals surface area (Å²) in [6, 6.07) is 14.4. The van der Waals surface area contributed by atoms with Crippen LogP contribution in [-0.2, 0) is 10.4 Å². The molecule has 0 spiro atoms. The molecule has 4 rings (SSSR count). The van der Waals surface area contributed by atoms with Crippen molar-refractivity contribution in [3.63, 3.8) is 0 Å². The number of hydrogen-bond acceptors (Lipinski definition) is 6. The fourth-order valence-electron chi connectivity index (χ4n) is 3.40. The van der Waals surface area contributed by atoms with Crippen LogP contribution in [-0.4, -0.2) is 34.8 Å². The number of carbonyl (C=O) groups is 1. The third-order valence-electron chi connectivity index (χ3n) is 4.91. The molecule has 0 aliphatic carbocycles. The van der Waals surface area contributed by atoms with Gasteiger partial charge in [0.1, 0.15) is 5.75 Å². The Morgan fingerprint density at radius 1 is 1.29 bits per heavy atom. The third kappa shape index (κ3) is 2.51. The van der Waals surface area contributed by atoms with Crippen molar-refractivity contribution in [3.05, 3.63) is 66.6 Å². The molecule has 1 aliphatic heterocycles. The highest BCUT2D eigenvalue weighted by atomic mass is 16.5. The molecule has 28 heavy (non-hydrogen) atoms. The molecule has 0 bridgehead atoms. The van der Waals surface area contributed by atoms with Crippen LogP contribution in [0.2, 0.25) is 0 Å². The molecule has 1 amide bonds. The van der Waals surface area contributed by atoms with Crippen molar-refractivity contribution in [2.45, 2.75) is 12.5 Å². The van der Waals surface area contributed by atoms with Crippen LogP contribution < -0.4 is 9.64 Å². The molecule has 3 aromatic rings. The van der Waals surface area contributed by atoms with Gasteiger partial charge in [-0.15, -0.1) is 0 Å². The first-order chi connectivity index (χ1) is 13.5. The van der Waals surface area contributed by atoms with Gasteiger partial charge in [-0.1, -0.05) is 42.1 Å². The van der Waals surface area contributed by atoms with E-state index < -0.39 is 11.5 Å². The standard InChI is InChI=1S/C21H19N3O4/c1-4-24-17-11-10-15(27-3)12-16(17)21(26,20(24)25)13(2)19-22-18(23-28-19)14-8-6-5-7-9-14/h5-12,26H,2,4H2,1,3H3. The number of amides is 1. The topological polar surface area (TPSA) is 88.7 Å². The van der Waals surface area contributed by atoms with Gasteiger partial charge in [-0.25, -0.2) is 0 Å². The summed E-state index contributed by atoms with van der Waals surface area (Å²) in [6.07, 6.45) is 0. The molecule has 0 saturated carbocycles. The van der Waals surface area contributed by atoms with Crippen molar-refractivity contribution in [1.29, 1.82) is 0 Å². The number of hydrogen-bond donors (Lipinski definition) is 1. The lowest BCUT2D eigenvalue weighted by Crippen LogP contribution is -2.41. The zero-order valence-corrected chi connectivity index (χ0v) is 15.5. The minimum absolute atomic E-state index is 0.00132. The number of fused-ring (bicyclic) bond motifs is 1. The van der Waals surface area contributed by atoms with E-state index in [4.69, 9.17) is 9.26 Å². The first kappa shape index (κ1) is 17.9. The number of methoxy groups -OCH3 is 1. The summed E-state index contributed by atoms with van der Waals surface area (Å²) in [7, 11) is 1.52. The van der Waals surface area contributed by atoms with Crippen molar-refractivity contribution in [1.82, 2.24) is 10.1 Å². The SMILES string of the molecule is C=C(c1nc(-c2ccccc2)no1)C1(O)C(=O)N(CC)c2ccc(OC)cc21. The number of anilines is 1. The Balaban J connectivity index is 1.79. The largest absolute Gasteiger partial charge is 0.497 e. The maximum absolute atomic E-state index is 13.1. The number of ether oxygens (including phenoxy) is 1. The van der Waals surface area contributed by atoms with Gasteiger partial charge in [0, 0.05) is 17.7 Å². The highest BCUT2D eigenvalue weighted by Gasteiger charge is 2.53. The molecule has 1 aliphatic rings. The predicted molar refractivity (Wildman–Crippen MR) is 104 cm³/mol. The molecule has 0 radical (unpaired) electrons. The summed E-state index contributed by atoms with van der Waals surface area (Å²) in [5.41, 5.74) is -0.256. The number of nitrogens with zero attached hydrogens (tertiary/aromatic N) is 3. The number of aliphatic hydroxyl groups is 1. The number of likely N-dealkylation sites (N-methyl/N-ethyl adjacent to an activating group) is 1. The van der Waals surface area contributed by atoms with E-state index in [1.54, 1.807) is 18.2 Å². The number of benzene rings is 2. The molecular weight excluding hydrogens is 358 g/mol.